The van der Waals surface area contributed by atoms with Crippen LogP contribution < -0.4 is 0 Å². The van der Waals surface area contributed by atoms with Crippen LogP contribution in [0, 0.1) is 17.5 Å². The Hall–Kier alpha value is -2.49. The van der Waals surface area contributed by atoms with Crippen LogP contribution in [0.1, 0.15) is 18.8 Å². The summed E-state index contributed by atoms with van der Waals surface area (Å²) in [5, 5.41) is 3.25. The maximum atomic E-state index is 14.1. The van der Waals surface area contributed by atoms with Crippen molar-refractivity contribution >= 4 is 23.4 Å². The smallest absolute Gasteiger partial charge is 0.309 e. The number of alkyl halides is 3. The normalized spacial score (nSPS) is 19.0. The van der Waals surface area contributed by atoms with Gasteiger partial charge in [-0.15, -0.1) is 0 Å². The van der Waals surface area contributed by atoms with Crippen LogP contribution in [0.2, 0.25) is 0 Å². The van der Waals surface area contributed by atoms with Crippen molar-refractivity contribution in [2.75, 3.05) is 0 Å². The molecule has 0 saturated heterocycles. The first-order valence-corrected chi connectivity index (χ1v) is 7.91. The van der Waals surface area contributed by atoms with Gasteiger partial charge in [-0.3, -0.25) is 0 Å². The van der Waals surface area contributed by atoms with Gasteiger partial charge in [0.05, 0.1) is 5.56 Å². The van der Waals surface area contributed by atoms with Gasteiger partial charge < -0.3 is 4.90 Å². The topological polar surface area (TPSA) is 33.4 Å². The first-order chi connectivity index (χ1) is 12.6. The van der Waals surface area contributed by atoms with Gasteiger partial charge in [0.1, 0.15) is 28.6 Å². The minimum Gasteiger partial charge on any atom is -0.309 e. The van der Waals surface area contributed by atoms with Crippen LogP contribution in [0.15, 0.2) is 40.7 Å². The Morgan fingerprint density at radius 2 is 1.78 bits per heavy atom. The Morgan fingerprint density at radius 1 is 1.15 bits per heavy atom. The van der Waals surface area contributed by atoms with E-state index in [1.807, 2.05) is 0 Å². The molecule has 1 aromatic carbocycles. The van der Waals surface area contributed by atoms with Gasteiger partial charge in [0, 0.05) is 36.3 Å². The molecule has 0 aliphatic carbocycles. The molecule has 2 aromatic rings. The summed E-state index contributed by atoms with van der Waals surface area (Å²) in [5.74, 6) is -3.80. The van der Waals surface area contributed by atoms with E-state index in [9.17, 15) is 26.3 Å². The summed E-state index contributed by atoms with van der Waals surface area (Å²) in [6.07, 6.45) is -2.40. The number of hydrogen-bond acceptors (Lipinski definition) is 3. The molecule has 144 valence electrons. The number of aromatic nitrogens is 2. The predicted octanol–water partition coefficient (Wildman–Crippen LogP) is 4.70. The van der Waals surface area contributed by atoms with Crippen LogP contribution in [0.4, 0.5) is 26.3 Å². The molecule has 0 fully saturated rings. The zero-order valence-corrected chi connectivity index (χ0v) is 14.3. The van der Waals surface area contributed by atoms with Crippen molar-refractivity contribution in [1.82, 2.24) is 14.7 Å². The van der Waals surface area contributed by atoms with E-state index in [4.69, 9.17) is 11.6 Å². The summed E-state index contributed by atoms with van der Waals surface area (Å²) >= 11 is 6.13. The molecule has 11 heteroatoms. The van der Waals surface area contributed by atoms with Gasteiger partial charge in [-0.2, -0.15) is 18.3 Å². The van der Waals surface area contributed by atoms with E-state index in [1.165, 1.54) is 18.5 Å². The summed E-state index contributed by atoms with van der Waals surface area (Å²) in [5.41, 5.74) is -1.21. The van der Waals surface area contributed by atoms with Crippen molar-refractivity contribution in [2.45, 2.75) is 25.4 Å². The highest BCUT2D eigenvalue weighted by Crippen LogP contribution is 2.40. The quantitative estimate of drug-likeness (QED) is 0.545. The van der Waals surface area contributed by atoms with E-state index in [1.54, 1.807) is 0 Å². The number of hydrogen-bond donors (Lipinski definition) is 0. The molecule has 1 aliphatic heterocycles. The number of nitrogens with zero attached hydrogens (tertiary/aromatic N) is 4. The minimum absolute atomic E-state index is 0.403. The van der Waals surface area contributed by atoms with Gasteiger partial charge in [-0.05, 0) is 13.0 Å². The second kappa shape index (κ2) is 6.91. The predicted molar refractivity (Wildman–Crippen MR) is 86.2 cm³/mol. The monoisotopic (exact) mass is 408 g/mol. The molecule has 0 radical (unpaired) electrons. The van der Waals surface area contributed by atoms with Crippen LogP contribution >= 0.6 is 11.6 Å². The number of halogens is 7. The Morgan fingerprint density at radius 3 is 2.30 bits per heavy atom. The molecule has 2 atom stereocenters. The average molecular weight is 409 g/mol. The van der Waals surface area contributed by atoms with Gasteiger partial charge in [-0.25, -0.2) is 22.8 Å². The summed E-state index contributed by atoms with van der Waals surface area (Å²) in [6.45, 7) is 0.828. The third-order valence-corrected chi connectivity index (χ3v) is 4.36. The maximum absolute atomic E-state index is 14.1. The first-order valence-electron chi connectivity index (χ1n) is 7.53. The van der Waals surface area contributed by atoms with Crippen LogP contribution in [0.5, 0.6) is 0 Å². The van der Waals surface area contributed by atoms with E-state index in [-0.39, 0.29) is 0 Å². The van der Waals surface area contributed by atoms with Gasteiger partial charge in [0.15, 0.2) is 0 Å². The van der Waals surface area contributed by atoms with Crippen LogP contribution in [0.25, 0.3) is 5.57 Å². The largest absolute Gasteiger partial charge is 0.408 e. The molecule has 2 heterocycles. The van der Waals surface area contributed by atoms with E-state index >= 15 is 0 Å². The number of benzene rings is 1. The zero-order chi connectivity index (χ0) is 19.9. The molecular formula is C16H11ClF6N4. The second-order valence-corrected chi connectivity index (χ2v) is 6.04. The van der Waals surface area contributed by atoms with Crippen molar-refractivity contribution < 1.29 is 26.3 Å². The summed E-state index contributed by atoms with van der Waals surface area (Å²) < 4.78 is 82.6. The molecule has 4 nitrogen and oxygen atoms in total. The highest BCUT2D eigenvalue weighted by molar-refractivity contribution is 6.37. The van der Waals surface area contributed by atoms with Crippen LogP contribution in [-0.4, -0.2) is 33.1 Å². The van der Waals surface area contributed by atoms with E-state index in [0.29, 0.717) is 17.0 Å². The molecule has 0 N–H and O–H groups in total. The zero-order valence-electron chi connectivity index (χ0n) is 13.6. The molecule has 0 saturated carbocycles. The molecule has 27 heavy (non-hydrogen) atoms. The number of allylic oxidation sites excluding steroid dienone is 1. The third-order valence-electron chi connectivity index (χ3n) is 3.96. The van der Waals surface area contributed by atoms with Crippen LogP contribution in [0.3, 0.4) is 0 Å². The third kappa shape index (κ3) is 3.53. The van der Waals surface area contributed by atoms with Crippen molar-refractivity contribution in [3.63, 3.8) is 0 Å². The average Bonchev–Trinajstić information content (AvgIpc) is 3.08. The van der Waals surface area contributed by atoms with Crippen LogP contribution in [-0.2, 0) is 0 Å². The van der Waals surface area contributed by atoms with Gasteiger partial charge >= 0.3 is 6.18 Å². The molecule has 0 spiro atoms. The highest BCUT2D eigenvalue weighted by Gasteiger charge is 2.45. The van der Waals surface area contributed by atoms with E-state index in [2.05, 4.69) is 10.1 Å². The van der Waals surface area contributed by atoms with Crippen molar-refractivity contribution in [2.24, 2.45) is 4.99 Å². The lowest BCUT2D eigenvalue weighted by Gasteiger charge is -2.39. The molecule has 0 bridgehead atoms. The van der Waals surface area contributed by atoms with Gasteiger partial charge in [0.2, 0.25) is 6.29 Å². The Labute approximate surface area is 154 Å². The molecule has 2 unspecified atom stereocenters. The van der Waals surface area contributed by atoms with E-state index in [0.717, 1.165) is 17.8 Å². The first kappa shape index (κ1) is 19.3. The second-order valence-electron chi connectivity index (χ2n) is 5.68. The Kier molecular flexibility index (Phi) is 4.94. The summed E-state index contributed by atoms with van der Waals surface area (Å²) in [7, 11) is 0. The standard InChI is InChI=1S/C16H11ClF6N4/c1-8(16(21,22)23)27-14(17)10(7-24-15(27)26-4-2-3-25-26)13-11(19)5-9(18)6-12(13)20/h2-8,15H,1H3. The van der Waals surface area contributed by atoms with E-state index < -0.39 is 52.3 Å². The Bertz CT molecular complexity index is 883. The molecule has 1 aromatic heterocycles. The lowest BCUT2D eigenvalue weighted by Crippen LogP contribution is -2.46. The van der Waals surface area contributed by atoms with Crippen molar-refractivity contribution in [3.05, 3.63) is 58.8 Å². The fraction of sp³-hybridized carbons (Fsp3) is 0.250. The fourth-order valence-electron chi connectivity index (χ4n) is 2.61. The van der Waals surface area contributed by atoms with Crippen molar-refractivity contribution in [1.29, 1.82) is 0 Å². The van der Waals surface area contributed by atoms with Gasteiger partial charge in [-0.1, -0.05) is 11.6 Å². The lowest BCUT2D eigenvalue weighted by atomic mass is 10.0. The van der Waals surface area contributed by atoms with Gasteiger partial charge in [0.25, 0.3) is 0 Å². The number of rotatable bonds is 3. The molecule has 3 rings (SSSR count). The van der Waals surface area contributed by atoms with Crippen molar-refractivity contribution in [3.8, 4) is 0 Å². The summed E-state index contributed by atoms with van der Waals surface area (Å²) in [4.78, 5) is 4.56. The minimum atomic E-state index is -4.72. The number of aliphatic imine (C=N–C) groups is 1. The summed E-state index contributed by atoms with van der Waals surface area (Å²) in [6, 6.07) is 0.123. The lowest BCUT2D eigenvalue weighted by molar-refractivity contribution is -0.181. The highest BCUT2D eigenvalue weighted by atomic mass is 35.5. The fourth-order valence-corrected chi connectivity index (χ4v) is 2.99. The molecule has 1 aliphatic rings. The molecular weight excluding hydrogens is 398 g/mol. The maximum Gasteiger partial charge on any atom is 0.408 e. The SMILES string of the molecule is CC(N1C(Cl)=C(c2c(F)cc(F)cc2F)C=NC1n1cccn1)C(F)(F)F. The molecule has 0 amide bonds. The Balaban J connectivity index is 2.17.